The van der Waals surface area contributed by atoms with E-state index in [1.807, 2.05) is 0 Å². The number of aryl methyl sites for hydroxylation is 1. The van der Waals surface area contributed by atoms with E-state index in [-0.39, 0.29) is 4.21 Å². The van der Waals surface area contributed by atoms with Crippen molar-refractivity contribution in [2.24, 2.45) is 0 Å². The lowest BCUT2D eigenvalue weighted by Gasteiger charge is -2.11. The van der Waals surface area contributed by atoms with Crippen molar-refractivity contribution in [2.45, 2.75) is 17.6 Å². The smallest absolute Gasteiger partial charge is 0.276 e. The van der Waals surface area contributed by atoms with E-state index in [4.69, 9.17) is 4.84 Å². The molecule has 1 aliphatic rings. The minimum atomic E-state index is -3.45. The Labute approximate surface area is 86.3 Å². The lowest BCUT2D eigenvalue weighted by atomic mass is 10.5. The van der Waals surface area contributed by atoms with Crippen LogP contribution in [0.15, 0.2) is 10.4 Å². The van der Waals surface area contributed by atoms with Crippen LogP contribution in [-0.2, 0) is 14.9 Å². The highest BCUT2D eigenvalue weighted by Gasteiger charge is 2.30. The largest absolute Gasteiger partial charge is 0.284 e. The number of aromatic nitrogens is 1. The monoisotopic (exact) mass is 234 g/mol. The van der Waals surface area contributed by atoms with Gasteiger partial charge in [0.1, 0.15) is 0 Å². The van der Waals surface area contributed by atoms with Crippen LogP contribution in [0.25, 0.3) is 0 Å². The van der Waals surface area contributed by atoms with Crippen LogP contribution in [0.4, 0.5) is 0 Å². The molecule has 1 aromatic rings. The summed E-state index contributed by atoms with van der Waals surface area (Å²) in [5.74, 6) is 0. The first-order valence-corrected chi connectivity index (χ1v) is 6.44. The maximum atomic E-state index is 11.8. The Bertz CT molecular complexity index is 420. The van der Waals surface area contributed by atoms with Gasteiger partial charge in [-0.05, 0) is 13.3 Å². The van der Waals surface area contributed by atoms with Crippen LogP contribution >= 0.6 is 11.3 Å². The highest BCUT2D eigenvalue weighted by atomic mass is 32.2. The van der Waals surface area contributed by atoms with Crippen LogP contribution in [-0.4, -0.2) is 31.0 Å². The van der Waals surface area contributed by atoms with Gasteiger partial charge < -0.3 is 0 Å². The zero-order chi connectivity index (χ0) is 10.2. The average molecular weight is 234 g/mol. The van der Waals surface area contributed by atoms with Crippen molar-refractivity contribution >= 4 is 21.4 Å². The molecule has 0 spiro atoms. The number of thiazole rings is 1. The van der Waals surface area contributed by atoms with Crippen molar-refractivity contribution in [3.05, 3.63) is 11.2 Å². The average Bonchev–Trinajstić information content (AvgIpc) is 2.72. The Morgan fingerprint density at radius 3 is 2.93 bits per heavy atom. The molecule has 2 rings (SSSR count). The third-order valence-corrected chi connectivity index (χ3v) is 4.87. The molecule has 1 saturated heterocycles. The third-order valence-electron chi connectivity index (χ3n) is 1.84. The molecule has 78 valence electrons. The fourth-order valence-corrected chi connectivity index (χ4v) is 3.68. The van der Waals surface area contributed by atoms with Crippen molar-refractivity contribution in [3.63, 3.8) is 0 Å². The number of hydroxylamine groups is 1. The first-order chi connectivity index (χ1) is 6.60. The molecule has 1 aromatic heterocycles. The quantitative estimate of drug-likeness (QED) is 0.758. The van der Waals surface area contributed by atoms with Crippen molar-refractivity contribution < 1.29 is 13.3 Å². The molecule has 2 heterocycles. The molecule has 0 radical (unpaired) electrons. The van der Waals surface area contributed by atoms with Crippen molar-refractivity contribution in [1.29, 1.82) is 0 Å². The summed E-state index contributed by atoms with van der Waals surface area (Å²) in [4.78, 5) is 8.92. The molecule has 5 nitrogen and oxygen atoms in total. The van der Waals surface area contributed by atoms with Gasteiger partial charge in [0.2, 0.25) is 0 Å². The zero-order valence-electron chi connectivity index (χ0n) is 7.63. The van der Waals surface area contributed by atoms with E-state index in [0.717, 1.165) is 27.2 Å². The first kappa shape index (κ1) is 10.0. The molecule has 0 aliphatic carbocycles. The maximum absolute atomic E-state index is 11.8. The molecule has 14 heavy (non-hydrogen) atoms. The van der Waals surface area contributed by atoms with E-state index in [2.05, 4.69) is 4.98 Å². The second kappa shape index (κ2) is 3.58. The lowest BCUT2D eigenvalue weighted by molar-refractivity contribution is -0.0282. The zero-order valence-corrected chi connectivity index (χ0v) is 9.27. The predicted molar refractivity (Wildman–Crippen MR) is 51.3 cm³/mol. The molecule has 0 aromatic carbocycles. The molecule has 1 aliphatic heterocycles. The number of hydrogen-bond donors (Lipinski definition) is 0. The molecule has 0 atom stereocenters. The van der Waals surface area contributed by atoms with Gasteiger partial charge >= 0.3 is 0 Å². The number of nitrogens with zero attached hydrogens (tertiary/aromatic N) is 2. The van der Waals surface area contributed by atoms with Crippen molar-refractivity contribution in [1.82, 2.24) is 9.45 Å². The normalized spacial score (nSPS) is 18.9. The van der Waals surface area contributed by atoms with Crippen LogP contribution in [0.1, 0.15) is 11.4 Å². The molecule has 0 unspecified atom stereocenters. The van der Waals surface area contributed by atoms with E-state index in [9.17, 15) is 8.42 Å². The summed E-state index contributed by atoms with van der Waals surface area (Å²) in [6.07, 6.45) is 2.12. The summed E-state index contributed by atoms with van der Waals surface area (Å²) in [7, 11) is -3.45. The van der Waals surface area contributed by atoms with Gasteiger partial charge in [-0.3, -0.25) is 4.84 Å². The Balaban J connectivity index is 2.32. The second-order valence-electron chi connectivity index (χ2n) is 2.92. The van der Waals surface area contributed by atoms with Gasteiger partial charge in [0.05, 0.1) is 17.8 Å². The molecular weight excluding hydrogens is 224 g/mol. The third kappa shape index (κ3) is 1.68. The summed E-state index contributed by atoms with van der Waals surface area (Å²) in [5.41, 5.74) is 0. The minimum absolute atomic E-state index is 0.247. The van der Waals surface area contributed by atoms with Crippen LogP contribution < -0.4 is 0 Å². The van der Waals surface area contributed by atoms with Crippen molar-refractivity contribution in [2.75, 3.05) is 13.2 Å². The van der Waals surface area contributed by atoms with E-state index < -0.39 is 10.0 Å². The highest BCUT2D eigenvalue weighted by Crippen LogP contribution is 2.24. The Morgan fingerprint density at radius 2 is 2.43 bits per heavy atom. The summed E-state index contributed by atoms with van der Waals surface area (Å²) in [6, 6.07) is 0. The lowest BCUT2D eigenvalue weighted by Crippen LogP contribution is -2.26. The second-order valence-corrected chi connectivity index (χ2v) is 6.21. The molecule has 0 amide bonds. The molecule has 0 saturated carbocycles. The topological polar surface area (TPSA) is 59.5 Å². The van der Waals surface area contributed by atoms with E-state index in [1.165, 1.54) is 6.20 Å². The molecule has 0 bridgehead atoms. The van der Waals surface area contributed by atoms with Gasteiger partial charge in [0.15, 0.2) is 4.21 Å². The van der Waals surface area contributed by atoms with Crippen LogP contribution in [0.3, 0.4) is 0 Å². The molecule has 0 N–H and O–H groups in total. The Hall–Kier alpha value is -0.500. The molecule has 7 heteroatoms. The van der Waals surface area contributed by atoms with Crippen LogP contribution in [0.2, 0.25) is 0 Å². The van der Waals surface area contributed by atoms with Crippen LogP contribution in [0.5, 0.6) is 0 Å². The predicted octanol–water partition coefficient (Wildman–Crippen LogP) is 0.778. The van der Waals surface area contributed by atoms with Gasteiger partial charge in [0, 0.05) is 6.54 Å². The van der Waals surface area contributed by atoms with Gasteiger partial charge in [0.25, 0.3) is 10.0 Å². The fraction of sp³-hybridized carbons (Fsp3) is 0.571. The van der Waals surface area contributed by atoms with E-state index in [0.29, 0.717) is 13.2 Å². The highest BCUT2D eigenvalue weighted by molar-refractivity contribution is 7.91. The van der Waals surface area contributed by atoms with Gasteiger partial charge in [-0.25, -0.2) is 13.4 Å². The maximum Gasteiger partial charge on any atom is 0.276 e. The van der Waals surface area contributed by atoms with E-state index >= 15 is 0 Å². The van der Waals surface area contributed by atoms with Crippen molar-refractivity contribution in [3.8, 4) is 0 Å². The summed E-state index contributed by atoms with van der Waals surface area (Å²) in [5, 5.41) is 0.739. The van der Waals surface area contributed by atoms with E-state index in [1.54, 1.807) is 6.92 Å². The number of rotatable bonds is 2. The molecular formula is C7H10N2O3S2. The van der Waals surface area contributed by atoms with Gasteiger partial charge in [-0.15, -0.1) is 11.3 Å². The first-order valence-electron chi connectivity index (χ1n) is 4.19. The molecule has 1 fully saturated rings. The summed E-state index contributed by atoms with van der Waals surface area (Å²) < 4.78 is 24.9. The minimum Gasteiger partial charge on any atom is -0.284 e. The number of hydrogen-bond acceptors (Lipinski definition) is 5. The summed E-state index contributed by atoms with van der Waals surface area (Å²) >= 11 is 1.16. The van der Waals surface area contributed by atoms with Crippen LogP contribution in [0, 0.1) is 6.92 Å². The SMILES string of the molecule is Cc1ncc(S(=O)(=O)N2CCCO2)s1. The standard InChI is InChI=1S/C7H10N2O3S2/c1-6-8-5-7(13-6)14(10,11)9-3-2-4-12-9/h5H,2-4H2,1H3. The Morgan fingerprint density at radius 1 is 1.64 bits per heavy atom. The fourth-order valence-electron chi connectivity index (χ4n) is 1.18. The Kier molecular flexibility index (Phi) is 2.56. The summed E-state index contributed by atoms with van der Waals surface area (Å²) in [6.45, 7) is 2.67. The van der Waals surface area contributed by atoms with Gasteiger partial charge in [-0.1, -0.05) is 4.47 Å². The number of sulfonamides is 1. The van der Waals surface area contributed by atoms with Gasteiger partial charge in [-0.2, -0.15) is 0 Å².